The van der Waals surface area contributed by atoms with Crippen molar-refractivity contribution < 1.29 is 4.79 Å². The van der Waals surface area contributed by atoms with Crippen molar-refractivity contribution in [3.63, 3.8) is 0 Å². The van der Waals surface area contributed by atoms with Crippen molar-refractivity contribution in [1.29, 1.82) is 0 Å². The molecule has 1 N–H and O–H groups in total. The summed E-state index contributed by atoms with van der Waals surface area (Å²) in [4.78, 5) is 16.0. The highest BCUT2D eigenvalue weighted by Gasteiger charge is 2.17. The summed E-state index contributed by atoms with van der Waals surface area (Å²) in [6.45, 7) is 0. The number of amides is 1. The molecule has 3 rings (SSSR count). The molecule has 0 fully saturated rings. The van der Waals surface area contributed by atoms with Gasteiger partial charge in [-0.15, -0.1) is 0 Å². The maximum Gasteiger partial charge on any atom is 0.253 e. The van der Waals surface area contributed by atoms with E-state index in [1.54, 1.807) is 17.8 Å². The van der Waals surface area contributed by atoms with E-state index in [0.717, 1.165) is 10.9 Å². The molecule has 0 radical (unpaired) electrons. The van der Waals surface area contributed by atoms with Gasteiger partial charge in [0, 0.05) is 24.8 Å². The number of aromatic nitrogens is 3. The second-order valence-corrected chi connectivity index (χ2v) is 4.57. The van der Waals surface area contributed by atoms with Gasteiger partial charge in [0.2, 0.25) is 0 Å². The van der Waals surface area contributed by atoms with Gasteiger partial charge in [0.15, 0.2) is 5.15 Å². The molecule has 0 aliphatic heterocycles. The molecule has 0 saturated heterocycles. The smallest absolute Gasteiger partial charge is 0.253 e. The SMILES string of the molecule is CNC(=O)c1ccnc(Cl)c1-n1cc2ccccc2n1. The summed E-state index contributed by atoms with van der Waals surface area (Å²) >= 11 is 6.14. The van der Waals surface area contributed by atoms with Crippen molar-refractivity contribution in [2.75, 3.05) is 7.05 Å². The van der Waals surface area contributed by atoms with Crippen LogP contribution in [0, 0.1) is 0 Å². The average Bonchev–Trinajstić information content (AvgIpc) is 2.89. The van der Waals surface area contributed by atoms with Crippen LogP contribution < -0.4 is 5.32 Å². The van der Waals surface area contributed by atoms with Gasteiger partial charge < -0.3 is 5.32 Å². The van der Waals surface area contributed by atoms with E-state index in [2.05, 4.69) is 15.4 Å². The van der Waals surface area contributed by atoms with E-state index in [9.17, 15) is 4.79 Å². The summed E-state index contributed by atoms with van der Waals surface area (Å²) in [5, 5.41) is 8.22. The van der Waals surface area contributed by atoms with Gasteiger partial charge in [-0.3, -0.25) is 4.79 Å². The molecule has 0 aliphatic rings. The third kappa shape index (κ3) is 2.02. The predicted octanol–water partition coefficient (Wildman–Crippen LogP) is 2.43. The average molecular weight is 287 g/mol. The van der Waals surface area contributed by atoms with Crippen molar-refractivity contribution in [2.45, 2.75) is 0 Å². The van der Waals surface area contributed by atoms with Crippen LogP contribution in [0.2, 0.25) is 5.15 Å². The minimum atomic E-state index is -0.233. The lowest BCUT2D eigenvalue weighted by Gasteiger charge is -2.09. The summed E-state index contributed by atoms with van der Waals surface area (Å²) < 4.78 is 1.59. The molecule has 1 amide bonds. The Morgan fingerprint density at radius 3 is 2.85 bits per heavy atom. The van der Waals surface area contributed by atoms with Crippen LogP contribution in [-0.4, -0.2) is 27.7 Å². The zero-order chi connectivity index (χ0) is 14.1. The van der Waals surface area contributed by atoms with Gasteiger partial charge in [-0.05, 0) is 12.1 Å². The standard InChI is InChI=1S/C14H11ClN4O/c1-16-14(20)10-6-7-17-13(15)12(10)19-8-9-4-2-3-5-11(9)18-19/h2-8H,1H3,(H,16,20). The molecule has 5 nitrogen and oxygen atoms in total. The van der Waals surface area contributed by atoms with Gasteiger partial charge in [-0.25, -0.2) is 9.67 Å². The molecule has 0 aliphatic carbocycles. The van der Waals surface area contributed by atoms with Crippen LogP contribution in [0.25, 0.3) is 16.6 Å². The van der Waals surface area contributed by atoms with Crippen LogP contribution in [0.5, 0.6) is 0 Å². The fourth-order valence-electron chi connectivity index (χ4n) is 2.04. The number of nitrogens with one attached hydrogen (secondary N) is 1. The maximum absolute atomic E-state index is 11.9. The number of benzene rings is 1. The van der Waals surface area contributed by atoms with E-state index < -0.39 is 0 Å². The molecule has 2 heterocycles. The number of carbonyl (C=O) groups is 1. The molecular weight excluding hydrogens is 276 g/mol. The van der Waals surface area contributed by atoms with Crippen LogP contribution in [0.3, 0.4) is 0 Å². The molecule has 6 heteroatoms. The summed E-state index contributed by atoms with van der Waals surface area (Å²) in [5.41, 5.74) is 1.74. The first-order chi connectivity index (χ1) is 9.70. The molecular formula is C14H11ClN4O. The molecule has 0 atom stereocenters. The number of carbonyl (C=O) groups excluding carboxylic acids is 1. The van der Waals surface area contributed by atoms with E-state index in [4.69, 9.17) is 11.6 Å². The minimum Gasteiger partial charge on any atom is -0.355 e. The van der Waals surface area contributed by atoms with E-state index in [-0.39, 0.29) is 11.1 Å². The van der Waals surface area contributed by atoms with Crippen LogP contribution >= 0.6 is 11.6 Å². The van der Waals surface area contributed by atoms with Crippen LogP contribution in [-0.2, 0) is 0 Å². The Morgan fingerprint density at radius 2 is 2.10 bits per heavy atom. The van der Waals surface area contributed by atoms with Gasteiger partial charge in [0.1, 0.15) is 5.69 Å². The van der Waals surface area contributed by atoms with Crippen molar-refractivity contribution in [1.82, 2.24) is 20.1 Å². The van der Waals surface area contributed by atoms with Crippen molar-refractivity contribution >= 4 is 28.4 Å². The van der Waals surface area contributed by atoms with Gasteiger partial charge in [-0.2, -0.15) is 5.10 Å². The highest BCUT2D eigenvalue weighted by atomic mass is 35.5. The Labute approximate surface area is 120 Å². The quantitative estimate of drug-likeness (QED) is 0.736. The topological polar surface area (TPSA) is 59.8 Å². The highest BCUT2D eigenvalue weighted by molar-refractivity contribution is 6.31. The molecule has 0 unspecified atom stereocenters. The molecule has 3 aromatic rings. The second-order valence-electron chi connectivity index (χ2n) is 4.21. The molecule has 0 saturated carbocycles. The normalized spacial score (nSPS) is 10.7. The third-order valence-electron chi connectivity index (χ3n) is 2.99. The Hall–Kier alpha value is -2.40. The summed E-state index contributed by atoms with van der Waals surface area (Å²) in [6.07, 6.45) is 3.32. The third-order valence-corrected chi connectivity index (χ3v) is 3.27. The zero-order valence-corrected chi connectivity index (χ0v) is 11.4. The Bertz CT molecular complexity index is 764. The van der Waals surface area contributed by atoms with Crippen molar-refractivity contribution in [2.24, 2.45) is 0 Å². The Kier molecular flexibility index (Phi) is 3.12. The molecule has 0 spiro atoms. The monoisotopic (exact) mass is 286 g/mol. The first kappa shape index (κ1) is 12.6. The fourth-order valence-corrected chi connectivity index (χ4v) is 2.29. The van der Waals surface area contributed by atoms with E-state index in [1.165, 1.54) is 6.20 Å². The lowest BCUT2D eigenvalue weighted by atomic mass is 10.2. The van der Waals surface area contributed by atoms with Crippen LogP contribution in [0.1, 0.15) is 10.4 Å². The van der Waals surface area contributed by atoms with Crippen LogP contribution in [0.15, 0.2) is 42.7 Å². The largest absolute Gasteiger partial charge is 0.355 e. The van der Waals surface area contributed by atoms with Crippen molar-refractivity contribution in [3.8, 4) is 5.69 Å². The first-order valence-electron chi connectivity index (χ1n) is 6.02. The molecule has 0 bridgehead atoms. The zero-order valence-electron chi connectivity index (χ0n) is 10.7. The van der Waals surface area contributed by atoms with Gasteiger partial charge in [-0.1, -0.05) is 29.8 Å². The van der Waals surface area contributed by atoms with E-state index in [1.807, 2.05) is 30.5 Å². The first-order valence-corrected chi connectivity index (χ1v) is 6.40. The minimum absolute atomic E-state index is 0.233. The molecule has 1 aromatic carbocycles. The number of halogens is 1. The Balaban J connectivity index is 2.25. The summed E-state index contributed by atoms with van der Waals surface area (Å²) in [5.74, 6) is -0.233. The molecule has 100 valence electrons. The van der Waals surface area contributed by atoms with Crippen LogP contribution in [0.4, 0.5) is 0 Å². The number of hydrogen-bond acceptors (Lipinski definition) is 3. The number of hydrogen-bond donors (Lipinski definition) is 1. The number of nitrogens with zero attached hydrogens (tertiary/aromatic N) is 3. The molecule has 20 heavy (non-hydrogen) atoms. The summed E-state index contributed by atoms with van der Waals surface area (Å²) in [6, 6.07) is 9.30. The lowest BCUT2D eigenvalue weighted by molar-refractivity contribution is 0.0963. The van der Waals surface area contributed by atoms with E-state index >= 15 is 0 Å². The predicted molar refractivity (Wildman–Crippen MR) is 77.3 cm³/mol. The summed E-state index contributed by atoms with van der Waals surface area (Å²) in [7, 11) is 1.57. The van der Waals surface area contributed by atoms with E-state index in [0.29, 0.717) is 11.3 Å². The number of rotatable bonds is 2. The van der Waals surface area contributed by atoms with Gasteiger partial charge >= 0.3 is 0 Å². The second kappa shape index (κ2) is 4.94. The number of fused-ring (bicyclic) bond motifs is 1. The van der Waals surface area contributed by atoms with Gasteiger partial charge in [0.25, 0.3) is 5.91 Å². The van der Waals surface area contributed by atoms with Gasteiger partial charge in [0.05, 0.1) is 11.1 Å². The molecule has 2 aromatic heterocycles. The van der Waals surface area contributed by atoms with Crippen molar-refractivity contribution in [3.05, 3.63) is 53.4 Å². The Morgan fingerprint density at radius 1 is 1.30 bits per heavy atom. The number of pyridine rings is 1. The maximum atomic E-state index is 11.9. The lowest BCUT2D eigenvalue weighted by Crippen LogP contribution is -2.20. The highest BCUT2D eigenvalue weighted by Crippen LogP contribution is 2.24. The fraction of sp³-hybridized carbons (Fsp3) is 0.0714.